The van der Waals surface area contributed by atoms with E-state index in [-0.39, 0.29) is 24.4 Å². The van der Waals surface area contributed by atoms with Crippen molar-refractivity contribution in [2.45, 2.75) is 52.8 Å². The molecule has 0 saturated carbocycles. The van der Waals surface area contributed by atoms with Crippen LogP contribution in [0.1, 0.15) is 71.1 Å². The van der Waals surface area contributed by atoms with Crippen LogP contribution in [0.15, 0.2) is 60.8 Å². The minimum Gasteiger partial charge on any atom is -0.444 e. The Labute approximate surface area is 233 Å². The molecule has 208 valence electrons. The average molecular weight is 542 g/mol. The first-order chi connectivity index (χ1) is 18.9. The number of ether oxygens (including phenoxy) is 1. The highest BCUT2D eigenvalue weighted by Crippen LogP contribution is 2.29. The number of carbonyl (C=O) groups excluding carboxylic acids is 3. The van der Waals surface area contributed by atoms with Crippen LogP contribution < -0.4 is 16.0 Å². The van der Waals surface area contributed by atoms with Gasteiger partial charge in [0.05, 0.1) is 28.5 Å². The predicted molar refractivity (Wildman–Crippen MR) is 155 cm³/mol. The fourth-order valence-electron chi connectivity index (χ4n) is 4.38. The lowest BCUT2D eigenvalue weighted by Crippen LogP contribution is -2.32. The molecule has 2 heterocycles. The van der Waals surface area contributed by atoms with Crippen molar-refractivity contribution in [3.8, 4) is 11.4 Å². The highest BCUT2D eigenvalue weighted by Gasteiger charge is 2.20. The molecule has 40 heavy (non-hydrogen) atoms. The number of amides is 3. The molecule has 1 atom stereocenters. The first-order valence-electron chi connectivity index (χ1n) is 13.1. The zero-order valence-corrected chi connectivity index (χ0v) is 23.6. The highest BCUT2D eigenvalue weighted by molar-refractivity contribution is 5.97. The summed E-state index contributed by atoms with van der Waals surface area (Å²) in [7, 11) is 1.58. The first-order valence-corrected chi connectivity index (χ1v) is 13.1. The number of benzene rings is 2. The first kappa shape index (κ1) is 28.4. The monoisotopic (exact) mass is 541 g/mol. The maximum Gasteiger partial charge on any atom is 0.407 e. The maximum atomic E-state index is 13.4. The molecule has 9 heteroatoms. The zero-order valence-electron chi connectivity index (χ0n) is 23.6. The molecule has 0 radical (unpaired) electrons. The van der Waals surface area contributed by atoms with Crippen LogP contribution in [0.5, 0.6) is 0 Å². The summed E-state index contributed by atoms with van der Waals surface area (Å²) in [5.41, 5.74) is 5.07. The molecule has 0 aliphatic carbocycles. The smallest absolute Gasteiger partial charge is 0.407 e. The van der Waals surface area contributed by atoms with E-state index in [0.29, 0.717) is 22.5 Å². The van der Waals surface area contributed by atoms with Gasteiger partial charge in [-0.1, -0.05) is 30.3 Å². The van der Waals surface area contributed by atoms with Crippen LogP contribution in [0.3, 0.4) is 0 Å². The van der Waals surface area contributed by atoms with Crippen molar-refractivity contribution >= 4 is 28.8 Å². The lowest BCUT2D eigenvalue weighted by molar-refractivity contribution is 0.0523. The molecule has 3 amide bonds. The number of aromatic nitrogens is 2. The van der Waals surface area contributed by atoms with Gasteiger partial charge in [-0.2, -0.15) is 0 Å². The Morgan fingerprint density at radius 1 is 1.02 bits per heavy atom. The average Bonchev–Trinajstić information content (AvgIpc) is 3.41. The van der Waals surface area contributed by atoms with Gasteiger partial charge in [-0.25, -0.2) is 9.78 Å². The number of aryl methyl sites for hydroxylation is 1. The van der Waals surface area contributed by atoms with E-state index in [4.69, 9.17) is 9.72 Å². The van der Waals surface area contributed by atoms with Crippen LogP contribution in [0.4, 0.5) is 4.79 Å². The number of H-pyrrole nitrogens is 1. The number of carbonyl (C=O) groups is 3. The summed E-state index contributed by atoms with van der Waals surface area (Å²) in [5, 5.41) is 9.40. The van der Waals surface area contributed by atoms with Gasteiger partial charge in [-0.15, -0.1) is 0 Å². The van der Waals surface area contributed by atoms with Gasteiger partial charge in [-0.3, -0.25) is 9.59 Å². The summed E-state index contributed by atoms with van der Waals surface area (Å²) >= 11 is 0. The third-order valence-electron chi connectivity index (χ3n) is 6.39. The number of hydrogen-bond donors (Lipinski definition) is 4. The minimum atomic E-state index is -0.594. The molecule has 0 aliphatic heterocycles. The van der Waals surface area contributed by atoms with Gasteiger partial charge in [0, 0.05) is 30.7 Å². The van der Waals surface area contributed by atoms with Gasteiger partial charge in [-0.05, 0) is 75.6 Å². The lowest BCUT2D eigenvalue weighted by Gasteiger charge is -2.20. The van der Waals surface area contributed by atoms with Crippen LogP contribution >= 0.6 is 0 Å². The summed E-state index contributed by atoms with van der Waals surface area (Å²) in [6, 6.07) is 16.6. The molecule has 2 aromatic carbocycles. The standard InChI is InChI=1S/C31H35N5O4/c1-18-11-12-20(16-34-30(39)40-31(3,4)5)13-23(18)29(38)35-19(2)24-15-27(36-25-10-8-7-9-22(24)25)26-14-21(17-33-26)28(37)32-6/h7-15,17,19,33H,16H2,1-6H3,(H,32,37)(H,34,39)(H,35,38)/t19-/m1/s1. The Morgan fingerprint density at radius 3 is 2.50 bits per heavy atom. The van der Waals surface area contributed by atoms with E-state index in [2.05, 4.69) is 20.9 Å². The SMILES string of the molecule is CNC(=O)c1c[nH]c(-c2cc([C@@H](C)NC(=O)c3cc(CNC(=O)OC(C)(C)C)ccc3C)c3ccccc3n2)c1. The number of rotatable bonds is 7. The van der Waals surface area contributed by atoms with E-state index in [1.807, 2.05) is 56.3 Å². The van der Waals surface area contributed by atoms with Crippen LogP contribution in [0.2, 0.25) is 0 Å². The molecule has 0 bridgehead atoms. The van der Waals surface area contributed by atoms with E-state index in [1.165, 1.54) is 0 Å². The summed E-state index contributed by atoms with van der Waals surface area (Å²) in [6.45, 7) is 9.44. The van der Waals surface area contributed by atoms with Crippen molar-refractivity contribution in [3.63, 3.8) is 0 Å². The molecule has 4 aromatic rings. The van der Waals surface area contributed by atoms with E-state index in [0.717, 1.165) is 27.6 Å². The van der Waals surface area contributed by atoms with Crippen LogP contribution in [-0.2, 0) is 11.3 Å². The Balaban J connectivity index is 1.57. The Bertz CT molecular complexity index is 1570. The van der Waals surface area contributed by atoms with E-state index in [9.17, 15) is 14.4 Å². The number of nitrogens with zero attached hydrogens (tertiary/aromatic N) is 1. The van der Waals surface area contributed by atoms with E-state index >= 15 is 0 Å². The van der Waals surface area contributed by atoms with Crippen molar-refractivity contribution in [1.82, 2.24) is 25.9 Å². The van der Waals surface area contributed by atoms with Crippen LogP contribution in [0.25, 0.3) is 22.3 Å². The van der Waals surface area contributed by atoms with Gasteiger partial charge in [0.1, 0.15) is 5.60 Å². The molecule has 0 spiro atoms. The minimum absolute atomic E-state index is 0.192. The van der Waals surface area contributed by atoms with Crippen LogP contribution in [-0.4, -0.2) is 40.5 Å². The Hall–Kier alpha value is -4.66. The van der Waals surface area contributed by atoms with Crippen LogP contribution in [0, 0.1) is 6.92 Å². The van der Waals surface area contributed by atoms with E-state index in [1.54, 1.807) is 46.1 Å². The van der Waals surface area contributed by atoms with Crippen molar-refractivity contribution in [3.05, 3.63) is 88.6 Å². The molecule has 2 aromatic heterocycles. The summed E-state index contributed by atoms with van der Waals surface area (Å²) < 4.78 is 5.30. The van der Waals surface area contributed by atoms with Gasteiger partial charge in [0.15, 0.2) is 0 Å². The molecular formula is C31H35N5O4. The fraction of sp³-hybridized carbons (Fsp3) is 0.290. The second-order valence-corrected chi connectivity index (χ2v) is 10.7. The number of pyridine rings is 1. The topological polar surface area (TPSA) is 125 Å². The van der Waals surface area contributed by atoms with Crippen molar-refractivity contribution in [2.24, 2.45) is 0 Å². The van der Waals surface area contributed by atoms with E-state index < -0.39 is 11.7 Å². The van der Waals surface area contributed by atoms with Gasteiger partial charge in [0.2, 0.25) is 0 Å². The number of para-hydroxylation sites is 1. The summed E-state index contributed by atoms with van der Waals surface area (Å²) in [5.74, 6) is -0.420. The second-order valence-electron chi connectivity index (χ2n) is 10.7. The molecule has 0 saturated heterocycles. The molecule has 4 rings (SSSR count). The predicted octanol–water partition coefficient (Wildman–Crippen LogP) is 5.41. The molecule has 0 aliphatic rings. The third kappa shape index (κ3) is 6.66. The van der Waals surface area contributed by atoms with Gasteiger partial charge < -0.3 is 25.7 Å². The van der Waals surface area contributed by atoms with Crippen molar-refractivity contribution < 1.29 is 19.1 Å². The second kappa shape index (κ2) is 11.6. The van der Waals surface area contributed by atoms with Crippen molar-refractivity contribution in [2.75, 3.05) is 7.05 Å². The fourth-order valence-corrected chi connectivity index (χ4v) is 4.38. The quantitative estimate of drug-likeness (QED) is 0.249. The zero-order chi connectivity index (χ0) is 29.0. The van der Waals surface area contributed by atoms with Gasteiger partial charge in [0.25, 0.3) is 11.8 Å². The Morgan fingerprint density at radius 2 is 1.77 bits per heavy atom. The lowest BCUT2D eigenvalue weighted by atomic mass is 9.99. The number of hydrogen-bond acceptors (Lipinski definition) is 5. The molecule has 0 fully saturated rings. The number of fused-ring (bicyclic) bond motifs is 1. The number of alkyl carbamates (subject to hydrolysis) is 1. The summed E-state index contributed by atoms with van der Waals surface area (Å²) in [4.78, 5) is 45.5. The molecular weight excluding hydrogens is 506 g/mol. The molecule has 9 nitrogen and oxygen atoms in total. The number of nitrogens with one attached hydrogen (secondary N) is 4. The maximum absolute atomic E-state index is 13.4. The normalized spacial score (nSPS) is 12.1. The molecule has 0 unspecified atom stereocenters. The largest absolute Gasteiger partial charge is 0.444 e. The third-order valence-corrected chi connectivity index (χ3v) is 6.39. The summed E-state index contributed by atoms with van der Waals surface area (Å²) in [6.07, 6.45) is 1.13. The molecule has 4 N–H and O–H groups in total. The van der Waals surface area contributed by atoms with Gasteiger partial charge >= 0.3 is 6.09 Å². The van der Waals surface area contributed by atoms with Crippen molar-refractivity contribution in [1.29, 1.82) is 0 Å². The Kier molecular flexibility index (Phi) is 8.23. The number of aromatic amines is 1. The highest BCUT2D eigenvalue weighted by atomic mass is 16.6.